The third-order valence-electron chi connectivity index (χ3n) is 12.3. The highest BCUT2D eigenvalue weighted by Crippen LogP contribution is 2.44. The van der Waals surface area contributed by atoms with Crippen LogP contribution in [-0.2, 0) is 4.74 Å². The number of halogens is 2. The minimum atomic E-state index is -0.570. The van der Waals surface area contributed by atoms with Gasteiger partial charge in [-0.05, 0) is 122 Å². The average Bonchev–Trinajstić information content (AvgIpc) is 4.05. The van der Waals surface area contributed by atoms with Crippen LogP contribution >= 0.6 is 0 Å². The Morgan fingerprint density at radius 2 is 1.29 bits per heavy atom. The molecule has 14 heteroatoms. The maximum absolute atomic E-state index is 15.3. The summed E-state index contributed by atoms with van der Waals surface area (Å²) >= 11 is 0. The number of pyridine rings is 2. The molecule has 4 aromatic rings. The highest BCUT2D eigenvalue weighted by molar-refractivity contribution is 5.93. The van der Waals surface area contributed by atoms with Gasteiger partial charge >= 0.3 is 6.09 Å². The minimum Gasteiger partial charge on any atom is -0.507 e. The molecule has 2 saturated carbocycles. The molecule has 2 aliphatic heterocycles. The van der Waals surface area contributed by atoms with E-state index in [4.69, 9.17) is 15.2 Å². The van der Waals surface area contributed by atoms with Gasteiger partial charge in [-0.2, -0.15) is 0 Å². The fourth-order valence-electron chi connectivity index (χ4n) is 9.03. The Morgan fingerprint density at radius 1 is 0.810 bits per heavy atom. The summed E-state index contributed by atoms with van der Waals surface area (Å²) in [6, 6.07) is 5.78. The van der Waals surface area contributed by atoms with Gasteiger partial charge in [0.25, 0.3) is 11.1 Å². The summed E-state index contributed by atoms with van der Waals surface area (Å²) < 4.78 is 44.6. The summed E-state index contributed by atoms with van der Waals surface area (Å²) in [5, 5.41) is 14.2. The SMILES string of the molecule is COc1cc(=O)n(C2CC2)c2c(C)c(N3CC[C@@H]([C@H](C)N)C3)c(F)cc12.Cc1c(N2CC[C@@H]([C@H](C)NC(=O)OC(C)(C)C)C2)c(F)cc2c(O)cc(=O)n(C3CC3)c12. The molecule has 2 saturated heterocycles. The third kappa shape index (κ3) is 8.08. The van der Waals surface area contributed by atoms with E-state index in [1.54, 1.807) is 4.57 Å². The number of aryl methyl sites for hydroxylation is 2. The van der Waals surface area contributed by atoms with Crippen LogP contribution in [0.15, 0.2) is 33.9 Å². The predicted molar refractivity (Wildman–Crippen MR) is 224 cm³/mol. The lowest BCUT2D eigenvalue weighted by Crippen LogP contribution is -2.42. The van der Waals surface area contributed by atoms with E-state index in [1.165, 1.54) is 31.4 Å². The van der Waals surface area contributed by atoms with Crippen molar-refractivity contribution in [2.75, 3.05) is 43.1 Å². The molecule has 314 valence electrons. The van der Waals surface area contributed by atoms with Crippen LogP contribution in [0.25, 0.3) is 21.8 Å². The Labute approximate surface area is 337 Å². The average molecular weight is 805 g/mol. The number of alkyl carbamates (subject to hydrolysis) is 1. The lowest BCUT2D eigenvalue weighted by molar-refractivity contribution is 0.0494. The number of methoxy groups -OCH3 is 1. The summed E-state index contributed by atoms with van der Waals surface area (Å²) in [4.78, 5) is 41.5. The van der Waals surface area contributed by atoms with E-state index in [1.807, 2.05) is 57.9 Å². The molecule has 58 heavy (non-hydrogen) atoms. The Balaban J connectivity index is 0.000000180. The number of hydrogen-bond donors (Lipinski definition) is 3. The number of nitrogens with one attached hydrogen (secondary N) is 1. The van der Waals surface area contributed by atoms with Gasteiger partial charge in [0.05, 0.1) is 29.5 Å². The molecule has 12 nitrogen and oxygen atoms in total. The molecule has 2 aromatic heterocycles. The molecular weight excluding hydrogens is 747 g/mol. The number of nitrogens with two attached hydrogens (primary N) is 1. The first kappa shape index (κ1) is 41.3. The maximum Gasteiger partial charge on any atom is 0.407 e. The largest absolute Gasteiger partial charge is 0.507 e. The summed E-state index contributed by atoms with van der Waals surface area (Å²) in [6.45, 7) is 15.9. The number of nitrogens with zero attached hydrogens (tertiary/aromatic N) is 4. The van der Waals surface area contributed by atoms with Crippen LogP contribution in [0.5, 0.6) is 11.5 Å². The van der Waals surface area contributed by atoms with Crippen LogP contribution in [0.1, 0.15) is 96.4 Å². The van der Waals surface area contributed by atoms with Crippen molar-refractivity contribution >= 4 is 39.3 Å². The molecule has 8 rings (SSSR count). The summed E-state index contributed by atoms with van der Waals surface area (Å²) in [7, 11) is 1.52. The number of benzene rings is 2. The van der Waals surface area contributed by atoms with Crippen LogP contribution in [-0.4, -0.2) is 71.3 Å². The summed E-state index contributed by atoms with van der Waals surface area (Å²) in [5.41, 5.74) is 9.10. The van der Waals surface area contributed by atoms with Gasteiger partial charge in [-0.25, -0.2) is 13.6 Å². The molecule has 4 atom stereocenters. The van der Waals surface area contributed by atoms with Gasteiger partial charge in [0.1, 0.15) is 28.7 Å². The van der Waals surface area contributed by atoms with Gasteiger partial charge in [-0.1, -0.05) is 0 Å². The third-order valence-corrected chi connectivity index (χ3v) is 12.3. The zero-order valence-electron chi connectivity index (χ0n) is 35.0. The number of aromatic nitrogens is 2. The van der Waals surface area contributed by atoms with E-state index in [0.29, 0.717) is 58.0 Å². The molecule has 0 radical (unpaired) electrons. The van der Waals surface area contributed by atoms with Crippen molar-refractivity contribution in [1.82, 2.24) is 14.5 Å². The van der Waals surface area contributed by atoms with Crippen LogP contribution in [0.4, 0.5) is 25.0 Å². The van der Waals surface area contributed by atoms with Gasteiger partial charge < -0.3 is 44.6 Å². The highest BCUT2D eigenvalue weighted by atomic mass is 19.1. The molecular formula is C44H58F2N6O6. The number of anilines is 2. The lowest BCUT2D eigenvalue weighted by Gasteiger charge is -2.26. The summed E-state index contributed by atoms with van der Waals surface area (Å²) in [6.07, 6.45) is 5.09. The van der Waals surface area contributed by atoms with Gasteiger partial charge in [0.15, 0.2) is 0 Å². The number of amides is 1. The molecule has 2 aromatic carbocycles. The maximum atomic E-state index is 15.3. The Kier molecular flexibility index (Phi) is 11.2. The molecule has 0 spiro atoms. The number of carbonyl (C=O) groups excluding carboxylic acids is 1. The fraction of sp³-hybridized carbons (Fsp3) is 0.568. The van der Waals surface area contributed by atoms with E-state index >= 15 is 8.78 Å². The van der Waals surface area contributed by atoms with Crippen LogP contribution < -0.4 is 36.7 Å². The molecule has 0 unspecified atom stereocenters. The normalized spacial score (nSPS) is 20.6. The van der Waals surface area contributed by atoms with Crippen molar-refractivity contribution in [1.29, 1.82) is 0 Å². The molecule has 0 bridgehead atoms. The predicted octanol–water partition coefficient (Wildman–Crippen LogP) is 7.20. The quantitative estimate of drug-likeness (QED) is 0.169. The Hall–Kier alpha value is -4.85. The van der Waals surface area contributed by atoms with E-state index in [0.717, 1.165) is 62.7 Å². The van der Waals surface area contributed by atoms with E-state index in [-0.39, 0.29) is 52.8 Å². The van der Waals surface area contributed by atoms with Crippen molar-refractivity contribution in [3.63, 3.8) is 0 Å². The number of ether oxygens (including phenoxy) is 2. The Bertz CT molecular complexity index is 2360. The smallest absolute Gasteiger partial charge is 0.407 e. The molecule has 4 heterocycles. The van der Waals surface area contributed by atoms with Gasteiger partial charge in [0, 0.05) is 73.3 Å². The number of fused-ring (bicyclic) bond motifs is 2. The van der Waals surface area contributed by atoms with E-state index in [2.05, 4.69) is 10.2 Å². The number of hydrogen-bond acceptors (Lipinski definition) is 9. The molecule has 4 N–H and O–H groups in total. The first-order valence-corrected chi connectivity index (χ1v) is 20.6. The van der Waals surface area contributed by atoms with Crippen molar-refractivity contribution in [2.24, 2.45) is 17.6 Å². The number of carbonyl (C=O) groups is 1. The topological polar surface area (TPSA) is 144 Å². The standard InChI is InChI=1S/C24H32FN3O4.C20H26FN3O2/c1-13-21-17(19(29)11-20(30)28(21)16-6-7-16)10-18(25)22(13)27-9-8-15(12-27)14(2)26-23(31)32-24(3,4)5;1-11-19-15(17(26-3)9-18(25)24(19)14-4-5-14)8-16(21)20(11)23-7-6-13(10-23)12(2)22/h10-11,14-16,29H,6-9,12H2,1-5H3,(H,26,31);8-9,12-14H,4-7,10,22H2,1-3H3/t14-,15+;12-,13+/m00/s1. The van der Waals surface area contributed by atoms with Gasteiger partial charge in [-0.15, -0.1) is 0 Å². The first-order chi connectivity index (χ1) is 27.4. The van der Waals surface area contributed by atoms with Crippen molar-refractivity contribution in [2.45, 2.75) is 117 Å². The zero-order chi connectivity index (χ0) is 42.0. The monoisotopic (exact) mass is 804 g/mol. The Morgan fingerprint density at radius 3 is 1.78 bits per heavy atom. The van der Waals surface area contributed by atoms with Crippen LogP contribution in [0.3, 0.4) is 0 Å². The number of aromatic hydroxyl groups is 1. The second kappa shape index (κ2) is 15.7. The molecule has 1 amide bonds. The van der Waals surface area contributed by atoms with E-state index < -0.39 is 17.5 Å². The molecule has 4 aliphatic rings. The van der Waals surface area contributed by atoms with Crippen molar-refractivity contribution in [3.05, 3.63) is 67.7 Å². The second-order valence-electron chi connectivity index (χ2n) is 17.9. The van der Waals surface area contributed by atoms with Crippen LogP contribution in [0.2, 0.25) is 0 Å². The molecule has 4 fully saturated rings. The van der Waals surface area contributed by atoms with Gasteiger partial charge in [0.2, 0.25) is 0 Å². The molecule has 2 aliphatic carbocycles. The van der Waals surface area contributed by atoms with Crippen LogP contribution in [0, 0.1) is 37.3 Å². The second-order valence-corrected chi connectivity index (χ2v) is 17.9. The van der Waals surface area contributed by atoms with Crippen molar-refractivity contribution in [3.8, 4) is 11.5 Å². The highest BCUT2D eigenvalue weighted by Gasteiger charge is 2.35. The van der Waals surface area contributed by atoms with Crippen molar-refractivity contribution < 1.29 is 28.2 Å². The minimum absolute atomic E-state index is 0.0765. The lowest BCUT2D eigenvalue weighted by atomic mass is 10.0. The van der Waals surface area contributed by atoms with Gasteiger partial charge in [-0.3, -0.25) is 9.59 Å². The zero-order valence-corrected chi connectivity index (χ0v) is 35.0. The summed E-state index contributed by atoms with van der Waals surface area (Å²) in [5.74, 6) is 0.0572. The first-order valence-electron chi connectivity index (χ1n) is 20.6. The van der Waals surface area contributed by atoms with E-state index in [9.17, 15) is 19.5 Å². The fourth-order valence-corrected chi connectivity index (χ4v) is 9.03. The number of rotatable bonds is 8.